The smallest absolute Gasteiger partial charge is 0.149 e. The quantitative estimate of drug-likeness (QED) is 0.628. The molecule has 2 heteroatoms. The highest BCUT2D eigenvalue weighted by Gasteiger charge is 2.57. The maximum atomic E-state index is 12.0. The summed E-state index contributed by atoms with van der Waals surface area (Å²) < 4.78 is 0. The number of carbonyl (C=O) groups excluding carboxylic acids is 2. The normalized spacial score (nSPS) is 34.6. The number of rotatable bonds is 2. The largest absolute Gasteiger partial charge is 0.299 e. The van der Waals surface area contributed by atoms with Crippen LogP contribution in [0.3, 0.4) is 0 Å². The first-order chi connectivity index (χ1) is 6.73. The number of ketones is 2. The molecular weight excluding hydrogens is 176 g/mol. The average molecular weight is 192 g/mol. The van der Waals surface area contributed by atoms with Crippen LogP contribution < -0.4 is 0 Å². The molecule has 1 unspecified atom stereocenters. The third kappa shape index (κ3) is 1.03. The van der Waals surface area contributed by atoms with Crippen LogP contribution in [0.2, 0.25) is 0 Å². The van der Waals surface area contributed by atoms with Crippen molar-refractivity contribution in [3.05, 3.63) is 0 Å². The van der Waals surface area contributed by atoms with Crippen molar-refractivity contribution in [1.29, 1.82) is 0 Å². The number of Topliss-reactive ketones (excluding diaryl/α,β-unsaturated/α-hetero) is 2. The molecule has 14 heavy (non-hydrogen) atoms. The third-order valence-corrected chi connectivity index (χ3v) is 4.46. The predicted molar refractivity (Wildman–Crippen MR) is 51.7 cm³/mol. The Bertz CT molecular complexity index is 297. The van der Waals surface area contributed by atoms with Crippen molar-refractivity contribution in [3.63, 3.8) is 0 Å². The molecule has 0 aromatic heterocycles. The zero-order valence-electron chi connectivity index (χ0n) is 8.42. The van der Waals surface area contributed by atoms with Crippen LogP contribution in [0.1, 0.15) is 44.9 Å². The van der Waals surface area contributed by atoms with Gasteiger partial charge in [0.2, 0.25) is 0 Å². The van der Waals surface area contributed by atoms with Gasteiger partial charge in [0, 0.05) is 11.3 Å². The van der Waals surface area contributed by atoms with Crippen LogP contribution in [-0.2, 0) is 9.59 Å². The molecule has 0 amide bonds. The molecule has 1 atom stereocenters. The molecule has 76 valence electrons. The van der Waals surface area contributed by atoms with Gasteiger partial charge in [0.1, 0.15) is 11.6 Å². The first-order valence-electron chi connectivity index (χ1n) is 5.81. The van der Waals surface area contributed by atoms with Gasteiger partial charge in [-0.3, -0.25) is 9.59 Å². The van der Waals surface area contributed by atoms with Crippen molar-refractivity contribution >= 4 is 11.6 Å². The first kappa shape index (κ1) is 8.63. The van der Waals surface area contributed by atoms with E-state index >= 15 is 0 Å². The number of hydrogen-bond acceptors (Lipinski definition) is 2. The summed E-state index contributed by atoms with van der Waals surface area (Å²) in [6.45, 7) is 0. The van der Waals surface area contributed by atoms with E-state index in [4.69, 9.17) is 0 Å². The lowest BCUT2D eigenvalue weighted by Crippen LogP contribution is -2.32. The second kappa shape index (κ2) is 2.68. The van der Waals surface area contributed by atoms with E-state index < -0.39 is 0 Å². The summed E-state index contributed by atoms with van der Waals surface area (Å²) in [7, 11) is 0. The molecule has 0 saturated heterocycles. The fraction of sp³-hybridized carbons (Fsp3) is 0.833. The van der Waals surface area contributed by atoms with E-state index in [-0.39, 0.29) is 23.0 Å². The predicted octanol–water partition coefficient (Wildman–Crippen LogP) is 2.11. The van der Waals surface area contributed by atoms with Gasteiger partial charge in [-0.05, 0) is 38.5 Å². The fourth-order valence-electron chi connectivity index (χ4n) is 2.94. The Morgan fingerprint density at radius 1 is 1.14 bits per heavy atom. The fourth-order valence-corrected chi connectivity index (χ4v) is 2.94. The van der Waals surface area contributed by atoms with Crippen molar-refractivity contribution in [3.8, 4) is 0 Å². The Hall–Kier alpha value is -0.660. The number of carbonyl (C=O) groups is 2. The third-order valence-electron chi connectivity index (χ3n) is 4.46. The first-order valence-corrected chi connectivity index (χ1v) is 5.81. The SMILES string of the molecule is O=C(C1CCC1)C1CCC2(CC2)C1=O. The molecule has 0 bridgehead atoms. The van der Waals surface area contributed by atoms with Gasteiger partial charge in [-0.15, -0.1) is 0 Å². The van der Waals surface area contributed by atoms with Crippen molar-refractivity contribution in [2.45, 2.75) is 44.9 Å². The molecule has 0 heterocycles. The molecule has 0 aliphatic heterocycles. The summed E-state index contributed by atoms with van der Waals surface area (Å²) >= 11 is 0. The minimum Gasteiger partial charge on any atom is -0.299 e. The van der Waals surface area contributed by atoms with Crippen LogP contribution in [-0.4, -0.2) is 11.6 Å². The van der Waals surface area contributed by atoms with Crippen LogP contribution >= 0.6 is 0 Å². The number of hydrogen-bond donors (Lipinski definition) is 0. The van der Waals surface area contributed by atoms with Gasteiger partial charge in [0.05, 0.1) is 5.92 Å². The highest BCUT2D eigenvalue weighted by molar-refractivity contribution is 6.08. The lowest BCUT2D eigenvalue weighted by Gasteiger charge is -2.26. The molecule has 3 rings (SSSR count). The minimum absolute atomic E-state index is 0.00404. The van der Waals surface area contributed by atoms with Gasteiger partial charge >= 0.3 is 0 Å². The highest BCUT2D eigenvalue weighted by atomic mass is 16.2. The molecular formula is C12H16O2. The van der Waals surface area contributed by atoms with E-state index in [0.29, 0.717) is 5.78 Å². The summed E-state index contributed by atoms with van der Waals surface area (Å²) in [5.74, 6) is 0.639. The minimum atomic E-state index is -0.192. The lowest BCUT2D eigenvalue weighted by atomic mass is 9.77. The van der Waals surface area contributed by atoms with E-state index in [2.05, 4.69) is 0 Å². The van der Waals surface area contributed by atoms with E-state index in [1.807, 2.05) is 0 Å². The highest BCUT2D eigenvalue weighted by Crippen LogP contribution is 2.57. The van der Waals surface area contributed by atoms with Gasteiger partial charge in [-0.1, -0.05) is 6.42 Å². The van der Waals surface area contributed by atoms with E-state index in [0.717, 1.165) is 38.5 Å². The molecule has 2 nitrogen and oxygen atoms in total. The molecule has 0 N–H and O–H groups in total. The Morgan fingerprint density at radius 3 is 2.29 bits per heavy atom. The van der Waals surface area contributed by atoms with Crippen LogP contribution in [0.25, 0.3) is 0 Å². The van der Waals surface area contributed by atoms with Gasteiger partial charge < -0.3 is 0 Å². The molecule has 3 saturated carbocycles. The van der Waals surface area contributed by atoms with Crippen LogP contribution in [0.5, 0.6) is 0 Å². The molecule has 1 spiro atoms. The van der Waals surface area contributed by atoms with Gasteiger partial charge in [-0.25, -0.2) is 0 Å². The second-order valence-electron chi connectivity index (χ2n) is 5.27. The molecule has 3 aliphatic rings. The Morgan fingerprint density at radius 2 is 1.86 bits per heavy atom. The average Bonchev–Trinajstić information content (AvgIpc) is 2.75. The van der Waals surface area contributed by atoms with Gasteiger partial charge in [0.25, 0.3) is 0 Å². The Kier molecular flexibility index (Phi) is 1.65. The summed E-state index contributed by atoms with van der Waals surface area (Å²) in [5.41, 5.74) is 0.00404. The van der Waals surface area contributed by atoms with E-state index in [1.54, 1.807) is 0 Å². The zero-order chi connectivity index (χ0) is 9.76. The van der Waals surface area contributed by atoms with Crippen LogP contribution in [0.4, 0.5) is 0 Å². The lowest BCUT2D eigenvalue weighted by molar-refractivity contribution is -0.136. The van der Waals surface area contributed by atoms with Crippen LogP contribution in [0.15, 0.2) is 0 Å². The second-order valence-corrected chi connectivity index (χ2v) is 5.27. The maximum Gasteiger partial charge on any atom is 0.149 e. The molecule has 0 aromatic rings. The summed E-state index contributed by atoms with van der Waals surface area (Å²) in [6, 6.07) is 0. The molecule has 3 fully saturated rings. The van der Waals surface area contributed by atoms with Crippen molar-refractivity contribution in [1.82, 2.24) is 0 Å². The maximum absolute atomic E-state index is 12.0. The van der Waals surface area contributed by atoms with Gasteiger partial charge in [0.15, 0.2) is 0 Å². The van der Waals surface area contributed by atoms with Crippen molar-refractivity contribution in [2.24, 2.45) is 17.3 Å². The van der Waals surface area contributed by atoms with E-state index in [1.165, 1.54) is 6.42 Å². The molecule has 0 radical (unpaired) electrons. The summed E-state index contributed by atoms with van der Waals surface area (Å²) in [5, 5.41) is 0. The van der Waals surface area contributed by atoms with E-state index in [9.17, 15) is 9.59 Å². The summed E-state index contributed by atoms with van der Waals surface area (Å²) in [4.78, 5) is 23.9. The topological polar surface area (TPSA) is 34.1 Å². The van der Waals surface area contributed by atoms with Gasteiger partial charge in [-0.2, -0.15) is 0 Å². The monoisotopic (exact) mass is 192 g/mol. The van der Waals surface area contributed by atoms with Crippen LogP contribution in [0, 0.1) is 17.3 Å². The Labute approximate surface area is 84.1 Å². The zero-order valence-corrected chi connectivity index (χ0v) is 8.42. The molecule has 0 aromatic carbocycles. The standard InChI is InChI=1S/C12H16O2/c13-10(8-2-1-3-8)9-4-5-12(6-7-12)11(9)14/h8-9H,1-7H2. The van der Waals surface area contributed by atoms with Crippen molar-refractivity contribution < 1.29 is 9.59 Å². The molecule has 3 aliphatic carbocycles. The van der Waals surface area contributed by atoms with Crippen molar-refractivity contribution in [2.75, 3.05) is 0 Å². The Balaban J connectivity index is 1.73. The summed E-state index contributed by atoms with van der Waals surface area (Å²) in [6.07, 6.45) is 7.22.